The Hall–Kier alpha value is -2.64. The Morgan fingerprint density at radius 3 is 1.55 bits per heavy atom. The third kappa shape index (κ3) is 4.38. The Balaban J connectivity index is 1.41. The third-order valence-corrected chi connectivity index (χ3v) is 5.92. The van der Waals surface area contributed by atoms with E-state index in [2.05, 4.69) is 58.8 Å². The van der Waals surface area contributed by atoms with Gasteiger partial charge in [-0.1, -0.05) is 18.2 Å². The highest BCUT2D eigenvalue weighted by atomic mass is 16.7. The summed E-state index contributed by atoms with van der Waals surface area (Å²) in [6, 6.07) is 18.8. The molecule has 0 saturated carbocycles. The van der Waals surface area contributed by atoms with Crippen molar-refractivity contribution in [2.24, 2.45) is 0 Å². The fourth-order valence-corrected chi connectivity index (χ4v) is 4.20. The van der Waals surface area contributed by atoms with Gasteiger partial charge in [-0.3, -0.25) is 0 Å². The van der Waals surface area contributed by atoms with Crippen molar-refractivity contribution in [2.75, 3.05) is 26.4 Å². The number of ether oxygens (including phenoxy) is 4. The van der Waals surface area contributed by atoms with Crippen LogP contribution in [0.3, 0.4) is 0 Å². The van der Waals surface area contributed by atoms with Gasteiger partial charge in [0.05, 0.1) is 26.4 Å². The fraction of sp³-hybridized carbons (Fsp3) is 0.360. The van der Waals surface area contributed by atoms with Crippen LogP contribution in [-0.2, 0) is 32.0 Å². The summed E-state index contributed by atoms with van der Waals surface area (Å²) >= 11 is 0. The molecule has 0 atom stereocenters. The van der Waals surface area contributed by atoms with Gasteiger partial charge in [-0.2, -0.15) is 9.13 Å². The molecule has 1 aromatic carbocycles. The summed E-state index contributed by atoms with van der Waals surface area (Å²) in [5.41, 5.74) is 5.92. The van der Waals surface area contributed by atoms with Gasteiger partial charge in [0, 0.05) is 35.4 Å². The Morgan fingerprint density at radius 1 is 0.645 bits per heavy atom. The molecule has 0 spiro atoms. The maximum Gasteiger partial charge on any atom is 0.245 e. The first kappa shape index (κ1) is 20.3. The van der Waals surface area contributed by atoms with Gasteiger partial charge in [0.15, 0.2) is 25.5 Å². The molecule has 0 N–H and O–H groups in total. The summed E-state index contributed by atoms with van der Waals surface area (Å²) in [5.74, 6) is 0. The number of nitrogens with zero attached hydrogens (tertiary/aromatic N) is 2. The second-order valence-electron chi connectivity index (χ2n) is 7.86. The van der Waals surface area contributed by atoms with E-state index in [1.165, 1.54) is 16.7 Å². The molecule has 5 rings (SSSR count). The quantitative estimate of drug-likeness (QED) is 0.576. The molecule has 0 unspecified atom stereocenters. The van der Waals surface area contributed by atoms with Gasteiger partial charge in [-0.15, -0.1) is 0 Å². The first-order valence-electron chi connectivity index (χ1n) is 10.8. The number of rotatable bonds is 6. The van der Waals surface area contributed by atoms with Crippen LogP contribution in [-0.4, -0.2) is 26.4 Å². The normalized spacial score (nSPS) is 17.5. The van der Waals surface area contributed by atoms with Gasteiger partial charge in [-0.05, 0) is 24.6 Å². The maximum absolute atomic E-state index is 5.74. The molecule has 2 fully saturated rings. The predicted octanol–water partition coefficient (Wildman–Crippen LogP) is 2.76. The number of aromatic nitrogens is 2. The molecule has 2 aliphatic heterocycles. The zero-order valence-corrected chi connectivity index (χ0v) is 17.8. The summed E-state index contributed by atoms with van der Waals surface area (Å²) in [7, 11) is 0. The van der Waals surface area contributed by atoms with Crippen LogP contribution in [0.15, 0.2) is 67.0 Å². The lowest BCUT2D eigenvalue weighted by Crippen LogP contribution is -2.41. The minimum absolute atomic E-state index is 0.293. The first-order chi connectivity index (χ1) is 15.3. The van der Waals surface area contributed by atoms with Crippen LogP contribution in [0.1, 0.15) is 40.7 Å². The lowest BCUT2D eigenvalue weighted by molar-refractivity contribution is -0.703. The van der Waals surface area contributed by atoms with E-state index >= 15 is 0 Å². The topological polar surface area (TPSA) is 44.7 Å². The Labute approximate surface area is 182 Å². The van der Waals surface area contributed by atoms with Crippen molar-refractivity contribution in [3.05, 3.63) is 95.1 Å². The number of hydrogen-bond donors (Lipinski definition) is 0. The van der Waals surface area contributed by atoms with Crippen molar-refractivity contribution in [2.45, 2.75) is 32.6 Å². The van der Waals surface area contributed by atoms with Gasteiger partial charge in [0.1, 0.15) is 0 Å². The van der Waals surface area contributed by atoms with Gasteiger partial charge in [-0.25, -0.2) is 0 Å². The second kappa shape index (κ2) is 9.24. The van der Waals surface area contributed by atoms with Gasteiger partial charge in [0.2, 0.25) is 24.0 Å². The van der Waals surface area contributed by atoms with Crippen molar-refractivity contribution < 1.29 is 28.1 Å². The van der Waals surface area contributed by atoms with Crippen molar-refractivity contribution in [3.8, 4) is 0 Å². The summed E-state index contributed by atoms with van der Waals surface area (Å²) in [4.78, 5) is 0. The van der Waals surface area contributed by atoms with Crippen LogP contribution in [0.2, 0.25) is 0 Å². The molecular formula is C25H28N2O4+2. The van der Waals surface area contributed by atoms with Crippen LogP contribution < -0.4 is 9.13 Å². The lowest BCUT2D eigenvalue weighted by atomic mass is 10.0. The predicted molar refractivity (Wildman–Crippen MR) is 112 cm³/mol. The van der Waals surface area contributed by atoms with E-state index in [0.29, 0.717) is 26.4 Å². The minimum atomic E-state index is -0.293. The van der Waals surface area contributed by atoms with E-state index in [1.807, 2.05) is 24.3 Å². The molecule has 2 saturated heterocycles. The van der Waals surface area contributed by atoms with E-state index in [-0.39, 0.29) is 12.6 Å². The van der Waals surface area contributed by atoms with Gasteiger partial charge in [0.25, 0.3) is 0 Å². The molecule has 6 nitrogen and oxygen atoms in total. The van der Waals surface area contributed by atoms with Crippen molar-refractivity contribution >= 4 is 0 Å². The average Bonchev–Trinajstić information content (AvgIpc) is 3.52. The van der Waals surface area contributed by atoms with E-state index in [1.54, 1.807) is 0 Å². The van der Waals surface area contributed by atoms with E-state index in [0.717, 1.165) is 24.5 Å². The number of hydrogen-bond acceptors (Lipinski definition) is 4. The van der Waals surface area contributed by atoms with Crippen LogP contribution in [0.25, 0.3) is 0 Å². The zero-order chi connectivity index (χ0) is 21.0. The van der Waals surface area contributed by atoms with E-state index < -0.39 is 0 Å². The first-order valence-corrected chi connectivity index (χ1v) is 10.8. The van der Waals surface area contributed by atoms with Crippen LogP contribution in [0.4, 0.5) is 0 Å². The van der Waals surface area contributed by atoms with Crippen LogP contribution in [0.5, 0.6) is 0 Å². The molecule has 0 amide bonds. The highest BCUT2D eigenvalue weighted by Crippen LogP contribution is 2.22. The molecule has 31 heavy (non-hydrogen) atoms. The van der Waals surface area contributed by atoms with Crippen molar-refractivity contribution in [3.63, 3.8) is 0 Å². The summed E-state index contributed by atoms with van der Waals surface area (Å²) < 4.78 is 27.4. The molecule has 2 aliphatic rings. The van der Waals surface area contributed by atoms with E-state index in [4.69, 9.17) is 18.9 Å². The standard InChI is InChI=1S/C25H28N2O4/c1-19-20(17-26-11-4-2-9-22(26)24-28-13-14-29-24)7-6-8-21(19)18-27-12-5-3-10-23(27)25-30-15-16-31-25/h2-12,24-25H,13-18H2,1H3/q+2. The van der Waals surface area contributed by atoms with Crippen molar-refractivity contribution in [1.29, 1.82) is 0 Å². The fourth-order valence-electron chi connectivity index (χ4n) is 4.20. The monoisotopic (exact) mass is 420 g/mol. The second-order valence-corrected chi connectivity index (χ2v) is 7.86. The molecule has 4 heterocycles. The number of benzene rings is 1. The Morgan fingerprint density at radius 2 is 1.10 bits per heavy atom. The molecule has 2 aromatic heterocycles. The Kier molecular flexibility index (Phi) is 6.04. The van der Waals surface area contributed by atoms with Crippen molar-refractivity contribution in [1.82, 2.24) is 0 Å². The molecular weight excluding hydrogens is 392 g/mol. The van der Waals surface area contributed by atoms with Gasteiger partial charge < -0.3 is 18.9 Å². The molecule has 0 aliphatic carbocycles. The van der Waals surface area contributed by atoms with E-state index in [9.17, 15) is 0 Å². The molecule has 3 aromatic rings. The zero-order valence-electron chi connectivity index (χ0n) is 17.8. The molecule has 0 radical (unpaired) electrons. The average molecular weight is 421 g/mol. The lowest BCUT2D eigenvalue weighted by Gasteiger charge is -2.13. The molecule has 6 heteroatoms. The smallest absolute Gasteiger partial charge is 0.245 e. The Bertz CT molecular complexity index is 963. The molecule has 0 bridgehead atoms. The largest absolute Gasteiger partial charge is 0.341 e. The SMILES string of the molecule is Cc1c(C[n+]2ccccc2C2OCCO2)cccc1C[n+]1ccccc1C1OCCO1. The summed E-state index contributed by atoms with van der Waals surface area (Å²) in [6.07, 6.45) is 3.59. The summed E-state index contributed by atoms with van der Waals surface area (Å²) in [6.45, 7) is 6.28. The van der Waals surface area contributed by atoms with Gasteiger partial charge >= 0.3 is 0 Å². The van der Waals surface area contributed by atoms with Crippen LogP contribution >= 0.6 is 0 Å². The highest BCUT2D eigenvalue weighted by molar-refractivity contribution is 5.33. The number of pyridine rings is 2. The highest BCUT2D eigenvalue weighted by Gasteiger charge is 2.29. The maximum atomic E-state index is 5.74. The minimum Gasteiger partial charge on any atom is -0.341 e. The third-order valence-electron chi connectivity index (χ3n) is 5.92. The molecule has 160 valence electrons. The summed E-state index contributed by atoms with van der Waals surface area (Å²) in [5, 5.41) is 0. The van der Waals surface area contributed by atoms with Crippen LogP contribution in [0, 0.1) is 6.92 Å².